The zero-order chi connectivity index (χ0) is 12.0. The van der Waals surface area contributed by atoms with Crippen LogP contribution in [0.5, 0.6) is 0 Å². The summed E-state index contributed by atoms with van der Waals surface area (Å²) in [5.74, 6) is 0. The van der Waals surface area contributed by atoms with Gasteiger partial charge in [-0.15, -0.1) is 0 Å². The highest BCUT2D eigenvalue weighted by molar-refractivity contribution is 9.10. The second-order valence-electron chi connectivity index (χ2n) is 4.74. The molecule has 4 nitrogen and oxygen atoms in total. The van der Waals surface area contributed by atoms with Gasteiger partial charge >= 0.3 is 6.03 Å². The minimum absolute atomic E-state index is 0.145. The van der Waals surface area contributed by atoms with Crippen molar-refractivity contribution in [1.82, 2.24) is 14.8 Å². The van der Waals surface area contributed by atoms with Gasteiger partial charge in [0, 0.05) is 49.0 Å². The molecular weight excluding hydrogens is 282 g/mol. The number of fused-ring (bicyclic) bond motifs is 2. The third kappa shape index (κ3) is 1.82. The third-order valence-corrected chi connectivity index (χ3v) is 4.04. The van der Waals surface area contributed by atoms with Gasteiger partial charge in [0.25, 0.3) is 0 Å². The minimum Gasteiger partial charge on any atom is -0.328 e. The van der Waals surface area contributed by atoms with E-state index in [2.05, 4.69) is 27.0 Å². The third-order valence-electron chi connectivity index (χ3n) is 3.61. The molecule has 3 rings (SSSR count). The lowest BCUT2D eigenvalue weighted by Crippen LogP contribution is -2.55. The molecule has 5 heteroatoms. The number of urea groups is 1. The summed E-state index contributed by atoms with van der Waals surface area (Å²) in [6.07, 6.45) is 3.77. The van der Waals surface area contributed by atoms with E-state index in [0.29, 0.717) is 12.6 Å². The predicted molar refractivity (Wildman–Crippen MR) is 67.6 cm³/mol. The normalized spacial score (nSPS) is 23.4. The number of hydrogen-bond donors (Lipinski definition) is 0. The molecule has 0 saturated carbocycles. The maximum absolute atomic E-state index is 12.1. The molecule has 0 bridgehead atoms. The molecule has 0 aliphatic carbocycles. The van der Waals surface area contributed by atoms with Crippen molar-refractivity contribution in [3.8, 4) is 0 Å². The number of amides is 2. The van der Waals surface area contributed by atoms with Crippen LogP contribution in [0.3, 0.4) is 0 Å². The monoisotopic (exact) mass is 295 g/mol. The van der Waals surface area contributed by atoms with Crippen LogP contribution in [0, 0.1) is 0 Å². The van der Waals surface area contributed by atoms with Crippen molar-refractivity contribution in [2.75, 3.05) is 13.6 Å². The Morgan fingerprint density at radius 1 is 1.53 bits per heavy atom. The summed E-state index contributed by atoms with van der Waals surface area (Å²) in [6.45, 7) is 1.54. The van der Waals surface area contributed by atoms with Gasteiger partial charge in [0.15, 0.2) is 0 Å². The molecule has 1 aromatic heterocycles. The molecule has 3 heterocycles. The average Bonchev–Trinajstić information content (AvgIpc) is 2.32. The van der Waals surface area contributed by atoms with Gasteiger partial charge in [-0.3, -0.25) is 4.98 Å². The van der Waals surface area contributed by atoms with E-state index in [-0.39, 0.29) is 6.03 Å². The van der Waals surface area contributed by atoms with Crippen molar-refractivity contribution in [2.45, 2.75) is 25.4 Å². The van der Waals surface area contributed by atoms with Gasteiger partial charge in [0.05, 0.1) is 0 Å². The second-order valence-corrected chi connectivity index (χ2v) is 5.65. The number of nitrogens with zero attached hydrogens (tertiary/aromatic N) is 3. The van der Waals surface area contributed by atoms with Crippen molar-refractivity contribution in [1.29, 1.82) is 0 Å². The van der Waals surface area contributed by atoms with Crippen LogP contribution in [-0.4, -0.2) is 40.4 Å². The fourth-order valence-corrected chi connectivity index (χ4v) is 2.99. The first-order chi connectivity index (χ1) is 8.15. The minimum atomic E-state index is 0.145. The Labute approximate surface area is 109 Å². The molecule has 0 aromatic carbocycles. The van der Waals surface area contributed by atoms with Gasteiger partial charge in [0.1, 0.15) is 0 Å². The molecule has 90 valence electrons. The van der Waals surface area contributed by atoms with Crippen LogP contribution in [0.25, 0.3) is 0 Å². The van der Waals surface area contributed by atoms with Crippen LogP contribution in [0.15, 0.2) is 16.7 Å². The van der Waals surface area contributed by atoms with E-state index in [0.717, 1.165) is 29.6 Å². The van der Waals surface area contributed by atoms with E-state index in [9.17, 15) is 4.79 Å². The predicted octanol–water partition coefficient (Wildman–Crippen LogP) is 2.03. The van der Waals surface area contributed by atoms with Crippen molar-refractivity contribution in [3.63, 3.8) is 0 Å². The molecule has 0 N–H and O–H groups in total. The molecule has 1 unspecified atom stereocenters. The summed E-state index contributed by atoms with van der Waals surface area (Å²) in [5, 5.41) is 0. The van der Waals surface area contributed by atoms with Crippen molar-refractivity contribution in [3.05, 3.63) is 28.0 Å². The van der Waals surface area contributed by atoms with Crippen molar-refractivity contribution in [2.24, 2.45) is 0 Å². The zero-order valence-corrected chi connectivity index (χ0v) is 11.3. The maximum atomic E-state index is 12.1. The summed E-state index contributed by atoms with van der Waals surface area (Å²) >= 11 is 3.43. The summed E-state index contributed by atoms with van der Waals surface area (Å²) in [7, 11) is 1.87. The number of pyridine rings is 1. The number of carbonyl (C=O) groups excluding carboxylic acids is 1. The van der Waals surface area contributed by atoms with Crippen LogP contribution in [0.1, 0.15) is 17.7 Å². The van der Waals surface area contributed by atoms with Crippen molar-refractivity contribution < 1.29 is 4.79 Å². The van der Waals surface area contributed by atoms with Gasteiger partial charge in [-0.1, -0.05) is 0 Å². The number of halogens is 1. The smallest absolute Gasteiger partial charge is 0.320 e. The fourth-order valence-electron chi connectivity index (χ4n) is 2.62. The quantitative estimate of drug-likeness (QED) is 0.734. The highest BCUT2D eigenvalue weighted by Gasteiger charge is 2.35. The van der Waals surface area contributed by atoms with Crippen LogP contribution in [0.4, 0.5) is 4.79 Å². The van der Waals surface area contributed by atoms with E-state index in [4.69, 9.17) is 0 Å². The highest BCUT2D eigenvalue weighted by Crippen LogP contribution is 2.28. The number of hydrogen-bond acceptors (Lipinski definition) is 2. The summed E-state index contributed by atoms with van der Waals surface area (Å²) in [4.78, 5) is 20.3. The molecule has 17 heavy (non-hydrogen) atoms. The van der Waals surface area contributed by atoms with Crippen molar-refractivity contribution >= 4 is 22.0 Å². The first-order valence-corrected chi connectivity index (χ1v) is 6.59. The molecule has 2 aliphatic heterocycles. The highest BCUT2D eigenvalue weighted by atomic mass is 79.9. The van der Waals surface area contributed by atoms with Gasteiger partial charge < -0.3 is 9.80 Å². The average molecular weight is 296 g/mol. The Morgan fingerprint density at radius 2 is 2.35 bits per heavy atom. The van der Waals surface area contributed by atoms with Gasteiger partial charge in [-0.25, -0.2) is 4.79 Å². The van der Waals surface area contributed by atoms with Crippen LogP contribution in [0.2, 0.25) is 0 Å². The number of carbonyl (C=O) groups is 1. The maximum Gasteiger partial charge on any atom is 0.320 e. The molecule has 2 amide bonds. The lowest BCUT2D eigenvalue weighted by Gasteiger charge is -2.43. The van der Waals surface area contributed by atoms with Gasteiger partial charge in [-0.2, -0.15) is 0 Å². The van der Waals surface area contributed by atoms with E-state index < -0.39 is 0 Å². The molecule has 1 atom stereocenters. The molecule has 1 aromatic rings. The molecule has 2 aliphatic rings. The zero-order valence-electron chi connectivity index (χ0n) is 9.69. The SMILES string of the molecule is CN1CCC2Cc3ncc(Br)cc3CN2C1=O. The Hall–Kier alpha value is -1.10. The molecule has 1 fully saturated rings. The van der Waals surface area contributed by atoms with Crippen LogP contribution in [-0.2, 0) is 13.0 Å². The van der Waals surface area contributed by atoms with Crippen LogP contribution >= 0.6 is 15.9 Å². The first-order valence-electron chi connectivity index (χ1n) is 5.80. The van der Waals surface area contributed by atoms with E-state index in [1.807, 2.05) is 18.1 Å². The summed E-state index contributed by atoms with van der Waals surface area (Å²) in [5.41, 5.74) is 2.31. The molecule has 0 radical (unpaired) electrons. The topological polar surface area (TPSA) is 36.4 Å². The lowest BCUT2D eigenvalue weighted by molar-refractivity contribution is 0.0975. The summed E-state index contributed by atoms with van der Waals surface area (Å²) < 4.78 is 0.979. The van der Waals surface area contributed by atoms with E-state index >= 15 is 0 Å². The van der Waals surface area contributed by atoms with Gasteiger partial charge in [-0.05, 0) is 34.0 Å². The molecular formula is C12H14BrN3O. The molecule has 0 spiro atoms. The standard InChI is InChI=1S/C12H14BrN3O/c1-15-3-2-10-5-11-8(4-9(13)6-14-11)7-16(10)12(15)17/h4,6,10H,2-3,5,7H2,1H3. The fraction of sp³-hybridized carbons (Fsp3) is 0.500. The Kier molecular flexibility index (Phi) is 2.58. The van der Waals surface area contributed by atoms with E-state index in [1.54, 1.807) is 4.90 Å². The lowest BCUT2D eigenvalue weighted by atomic mass is 9.95. The Morgan fingerprint density at radius 3 is 3.18 bits per heavy atom. The first kappa shape index (κ1) is 11.0. The Bertz CT molecular complexity index is 477. The van der Waals surface area contributed by atoms with Gasteiger partial charge in [0.2, 0.25) is 0 Å². The van der Waals surface area contributed by atoms with Crippen LogP contribution < -0.4 is 0 Å². The number of rotatable bonds is 0. The number of aromatic nitrogens is 1. The Balaban J connectivity index is 1.94. The second kappa shape index (κ2) is 3.98. The summed E-state index contributed by atoms with van der Waals surface area (Å²) in [6, 6.07) is 2.55. The largest absolute Gasteiger partial charge is 0.328 e. The van der Waals surface area contributed by atoms with E-state index in [1.165, 1.54) is 5.56 Å². The molecule has 1 saturated heterocycles.